The summed E-state index contributed by atoms with van der Waals surface area (Å²) in [6, 6.07) is 6.52. The monoisotopic (exact) mass is 306 g/mol. The Hall–Kier alpha value is -1.62. The van der Waals surface area contributed by atoms with Gasteiger partial charge in [-0.05, 0) is 37.8 Å². The molecule has 0 radical (unpaired) electrons. The summed E-state index contributed by atoms with van der Waals surface area (Å²) in [6.07, 6.45) is 2.70. The van der Waals surface area contributed by atoms with E-state index in [-0.39, 0.29) is 18.3 Å². The fourth-order valence-electron chi connectivity index (χ4n) is 3.05. The zero-order valence-electron chi connectivity index (χ0n) is 13.0. The van der Waals surface area contributed by atoms with E-state index < -0.39 is 0 Å². The van der Waals surface area contributed by atoms with Gasteiger partial charge in [0.2, 0.25) is 0 Å². The SMILES string of the molecule is CC(C1CC1)N1CCN(C(=O)COc2cccc(F)c2)CC1. The second kappa shape index (κ2) is 6.65. The molecule has 0 aromatic heterocycles. The minimum atomic E-state index is -0.354. The Labute approximate surface area is 130 Å². The van der Waals surface area contributed by atoms with E-state index in [1.165, 1.54) is 25.0 Å². The molecule has 1 saturated carbocycles. The number of nitrogens with zero attached hydrogens (tertiary/aromatic N) is 2. The van der Waals surface area contributed by atoms with Crippen molar-refractivity contribution in [2.45, 2.75) is 25.8 Å². The number of hydrogen-bond acceptors (Lipinski definition) is 3. The highest BCUT2D eigenvalue weighted by Crippen LogP contribution is 2.35. The topological polar surface area (TPSA) is 32.8 Å². The molecule has 1 unspecified atom stereocenters. The maximum Gasteiger partial charge on any atom is 0.260 e. The van der Waals surface area contributed by atoms with Crippen LogP contribution in [0, 0.1) is 11.7 Å². The second-order valence-corrected chi connectivity index (χ2v) is 6.24. The van der Waals surface area contributed by atoms with Crippen LogP contribution >= 0.6 is 0 Å². The van der Waals surface area contributed by atoms with Crippen molar-refractivity contribution in [1.82, 2.24) is 9.80 Å². The van der Waals surface area contributed by atoms with Crippen LogP contribution in [-0.2, 0) is 4.79 Å². The molecule has 3 rings (SSSR count). The number of rotatable bonds is 5. The Balaban J connectivity index is 1.43. The average Bonchev–Trinajstić information content (AvgIpc) is 3.37. The molecule has 1 aliphatic heterocycles. The zero-order valence-corrected chi connectivity index (χ0v) is 13.0. The van der Waals surface area contributed by atoms with Crippen molar-refractivity contribution in [1.29, 1.82) is 0 Å². The molecule has 1 aliphatic carbocycles. The van der Waals surface area contributed by atoms with Crippen LogP contribution in [0.3, 0.4) is 0 Å². The third kappa shape index (κ3) is 3.77. The first-order valence-electron chi connectivity index (χ1n) is 8.03. The van der Waals surface area contributed by atoms with E-state index in [0.29, 0.717) is 11.8 Å². The predicted octanol–water partition coefficient (Wildman–Crippen LogP) is 2.15. The number of ether oxygens (including phenoxy) is 1. The zero-order chi connectivity index (χ0) is 15.5. The number of carbonyl (C=O) groups excluding carboxylic acids is 1. The molecular formula is C17H23FN2O2. The van der Waals surface area contributed by atoms with Gasteiger partial charge in [-0.1, -0.05) is 6.07 Å². The van der Waals surface area contributed by atoms with Gasteiger partial charge in [-0.3, -0.25) is 9.69 Å². The molecule has 1 aromatic carbocycles. The standard InChI is InChI=1S/C17H23FN2O2/c1-13(14-5-6-14)19-7-9-20(10-8-19)17(21)12-22-16-4-2-3-15(18)11-16/h2-4,11,13-14H,5-10,12H2,1H3. The Morgan fingerprint density at radius 2 is 2.05 bits per heavy atom. The van der Waals surface area contributed by atoms with Crippen LogP contribution < -0.4 is 4.74 Å². The Morgan fingerprint density at radius 1 is 1.32 bits per heavy atom. The van der Waals surface area contributed by atoms with Gasteiger partial charge in [0.15, 0.2) is 6.61 Å². The summed E-state index contributed by atoms with van der Waals surface area (Å²) in [7, 11) is 0. The van der Waals surface area contributed by atoms with E-state index in [4.69, 9.17) is 4.74 Å². The molecule has 0 bridgehead atoms. The highest BCUT2D eigenvalue weighted by molar-refractivity contribution is 5.77. The third-order valence-corrected chi connectivity index (χ3v) is 4.71. The lowest BCUT2D eigenvalue weighted by Gasteiger charge is -2.38. The molecule has 2 fully saturated rings. The second-order valence-electron chi connectivity index (χ2n) is 6.24. The molecule has 1 amide bonds. The van der Waals surface area contributed by atoms with Crippen molar-refractivity contribution in [2.24, 2.45) is 5.92 Å². The molecule has 1 atom stereocenters. The largest absolute Gasteiger partial charge is 0.484 e. The van der Waals surface area contributed by atoms with Crippen molar-refractivity contribution in [3.63, 3.8) is 0 Å². The smallest absolute Gasteiger partial charge is 0.260 e. The highest BCUT2D eigenvalue weighted by Gasteiger charge is 2.33. The number of carbonyl (C=O) groups is 1. The molecule has 22 heavy (non-hydrogen) atoms. The van der Waals surface area contributed by atoms with Crippen molar-refractivity contribution in [2.75, 3.05) is 32.8 Å². The summed E-state index contributed by atoms with van der Waals surface area (Å²) in [4.78, 5) is 16.5. The number of benzene rings is 1. The molecule has 1 saturated heterocycles. The van der Waals surface area contributed by atoms with Crippen LogP contribution in [0.5, 0.6) is 5.75 Å². The molecule has 5 heteroatoms. The van der Waals surface area contributed by atoms with Crippen molar-refractivity contribution in [3.8, 4) is 5.75 Å². The van der Waals surface area contributed by atoms with E-state index in [0.717, 1.165) is 32.1 Å². The Kier molecular flexibility index (Phi) is 4.62. The van der Waals surface area contributed by atoms with Gasteiger partial charge < -0.3 is 9.64 Å². The van der Waals surface area contributed by atoms with Gasteiger partial charge in [0, 0.05) is 38.3 Å². The minimum Gasteiger partial charge on any atom is -0.484 e. The summed E-state index contributed by atoms with van der Waals surface area (Å²) < 4.78 is 18.4. The van der Waals surface area contributed by atoms with Gasteiger partial charge >= 0.3 is 0 Å². The number of halogens is 1. The summed E-state index contributed by atoms with van der Waals surface area (Å²) in [5, 5.41) is 0. The first-order valence-corrected chi connectivity index (χ1v) is 8.03. The lowest BCUT2D eigenvalue weighted by atomic mass is 10.1. The number of piperazine rings is 1. The van der Waals surface area contributed by atoms with Crippen LogP contribution in [0.4, 0.5) is 4.39 Å². The number of hydrogen-bond donors (Lipinski definition) is 0. The van der Waals surface area contributed by atoms with Crippen molar-refractivity contribution < 1.29 is 13.9 Å². The molecule has 1 aromatic rings. The Bertz CT molecular complexity index is 525. The Morgan fingerprint density at radius 3 is 2.68 bits per heavy atom. The average molecular weight is 306 g/mol. The van der Waals surface area contributed by atoms with Gasteiger partial charge in [-0.15, -0.1) is 0 Å². The van der Waals surface area contributed by atoms with Crippen molar-refractivity contribution in [3.05, 3.63) is 30.1 Å². The van der Waals surface area contributed by atoms with Gasteiger partial charge in [-0.2, -0.15) is 0 Å². The third-order valence-electron chi connectivity index (χ3n) is 4.71. The molecule has 1 heterocycles. The van der Waals surface area contributed by atoms with E-state index in [1.807, 2.05) is 4.90 Å². The summed E-state index contributed by atoms with van der Waals surface area (Å²) in [5.41, 5.74) is 0. The van der Waals surface area contributed by atoms with E-state index in [1.54, 1.807) is 12.1 Å². The first-order chi connectivity index (χ1) is 10.6. The highest BCUT2D eigenvalue weighted by atomic mass is 19.1. The van der Waals surface area contributed by atoms with E-state index in [2.05, 4.69) is 11.8 Å². The molecular weight excluding hydrogens is 283 g/mol. The molecule has 120 valence electrons. The van der Waals surface area contributed by atoms with Crippen LogP contribution in [0.2, 0.25) is 0 Å². The fourth-order valence-corrected chi connectivity index (χ4v) is 3.05. The van der Waals surface area contributed by atoms with Gasteiger partial charge in [-0.25, -0.2) is 4.39 Å². The summed E-state index contributed by atoms with van der Waals surface area (Å²) >= 11 is 0. The van der Waals surface area contributed by atoms with Crippen LogP contribution in [0.25, 0.3) is 0 Å². The fraction of sp³-hybridized carbons (Fsp3) is 0.588. The molecule has 0 spiro atoms. The lowest BCUT2D eigenvalue weighted by molar-refractivity contribution is -0.135. The van der Waals surface area contributed by atoms with Gasteiger partial charge in [0.1, 0.15) is 11.6 Å². The maximum absolute atomic E-state index is 13.1. The van der Waals surface area contributed by atoms with Crippen LogP contribution in [0.1, 0.15) is 19.8 Å². The summed E-state index contributed by atoms with van der Waals surface area (Å²) in [5.74, 6) is 0.878. The number of amides is 1. The lowest BCUT2D eigenvalue weighted by Crippen LogP contribution is -2.52. The normalized spacial score (nSPS) is 20.7. The van der Waals surface area contributed by atoms with Gasteiger partial charge in [0.25, 0.3) is 5.91 Å². The first kappa shape index (κ1) is 15.3. The van der Waals surface area contributed by atoms with Crippen LogP contribution in [-0.4, -0.2) is 54.5 Å². The molecule has 4 nitrogen and oxygen atoms in total. The molecule has 0 N–H and O–H groups in total. The molecule has 2 aliphatic rings. The quantitative estimate of drug-likeness (QED) is 0.835. The van der Waals surface area contributed by atoms with Gasteiger partial charge in [0.05, 0.1) is 0 Å². The predicted molar refractivity (Wildman–Crippen MR) is 82.2 cm³/mol. The van der Waals surface area contributed by atoms with E-state index >= 15 is 0 Å². The van der Waals surface area contributed by atoms with Crippen molar-refractivity contribution >= 4 is 5.91 Å². The summed E-state index contributed by atoms with van der Waals surface area (Å²) in [6.45, 7) is 5.64. The maximum atomic E-state index is 13.1. The van der Waals surface area contributed by atoms with E-state index in [9.17, 15) is 9.18 Å². The van der Waals surface area contributed by atoms with Crippen LogP contribution in [0.15, 0.2) is 24.3 Å². The minimum absolute atomic E-state index is 0.0250.